The molecule has 0 bridgehead atoms. The highest BCUT2D eigenvalue weighted by Gasteiger charge is 2.43. The molecular formula is C87H134N26O21S5. The smallest absolute Gasteiger partial charge is 0.294 e. The highest BCUT2D eigenvalue weighted by Crippen LogP contribution is 2.49. The molecular weight excluding hydrogens is 1910 g/mol. The molecule has 9 amide bonds. The fourth-order valence-electron chi connectivity index (χ4n) is 15.7. The van der Waals surface area contributed by atoms with Gasteiger partial charge in [-0.15, -0.1) is 11.8 Å². The maximum Gasteiger partial charge on any atom is 0.294 e. The number of nitrogens with one attached hydrogen (secondary N) is 17. The molecule has 3 aliphatic rings. The van der Waals surface area contributed by atoms with Crippen LogP contribution in [-0.4, -0.2) is 260 Å². The Balaban J connectivity index is 1.16. The molecule has 47 nitrogen and oxygen atoms in total. The second-order valence-electron chi connectivity index (χ2n) is 34.4. The molecule has 2 heterocycles. The number of anilines is 1. The number of aliphatic imine (C=N–C) groups is 1. The number of rotatable bonds is 59. The number of guanidine groups is 5. The van der Waals surface area contributed by atoms with Gasteiger partial charge in [0.25, 0.3) is 30.4 Å². The summed E-state index contributed by atoms with van der Waals surface area (Å²) < 4.78 is 134. The fourth-order valence-corrected chi connectivity index (χ4v) is 18.9. The van der Waals surface area contributed by atoms with Crippen molar-refractivity contribution < 1.29 is 95.2 Å². The third-order valence-electron chi connectivity index (χ3n) is 23.1. The molecule has 768 valence electrons. The molecule has 1 aliphatic carbocycles. The Morgan fingerprint density at radius 1 is 0.583 bits per heavy atom. The summed E-state index contributed by atoms with van der Waals surface area (Å²) in [5.74, 6) is -9.24. The van der Waals surface area contributed by atoms with Crippen molar-refractivity contribution in [3.05, 3.63) is 124 Å². The van der Waals surface area contributed by atoms with E-state index in [1.54, 1.807) is 30.4 Å². The van der Waals surface area contributed by atoms with E-state index in [4.69, 9.17) is 71.2 Å². The molecule has 1 unspecified atom stereocenters. The number of hydrogen-bond donors (Lipinski definition) is 27. The van der Waals surface area contributed by atoms with Gasteiger partial charge in [-0.1, -0.05) is 52.3 Å². The lowest BCUT2D eigenvalue weighted by molar-refractivity contribution is -0.138. The van der Waals surface area contributed by atoms with E-state index in [2.05, 4.69) is 63.8 Å². The Hall–Kier alpha value is -12.3. The number of fused-ring (bicyclic) bond motifs is 1. The lowest BCUT2D eigenvalue weighted by atomic mass is 9.77. The van der Waals surface area contributed by atoms with Crippen molar-refractivity contribution >= 4 is 147 Å². The van der Waals surface area contributed by atoms with E-state index >= 15 is 0 Å². The monoisotopic (exact) mass is 2040 g/mol. The van der Waals surface area contributed by atoms with Crippen LogP contribution >= 0.6 is 11.8 Å². The van der Waals surface area contributed by atoms with Crippen molar-refractivity contribution in [3.63, 3.8) is 0 Å². The van der Waals surface area contributed by atoms with Crippen molar-refractivity contribution in [2.45, 2.75) is 230 Å². The molecule has 2 aliphatic heterocycles. The van der Waals surface area contributed by atoms with Crippen LogP contribution in [0.3, 0.4) is 0 Å². The maximum atomic E-state index is 14.7. The number of benzene rings is 3. The second kappa shape index (κ2) is 54.9. The number of nitrogens with zero attached hydrogens (tertiary/aromatic N) is 3. The summed E-state index contributed by atoms with van der Waals surface area (Å²) in [5.41, 5.74) is 36.5. The van der Waals surface area contributed by atoms with Gasteiger partial charge in [-0.3, -0.25) is 93.7 Å². The summed E-state index contributed by atoms with van der Waals surface area (Å²) in [6.07, 6.45) is 10.5. The lowest BCUT2D eigenvalue weighted by Gasteiger charge is -2.29. The maximum absolute atomic E-state index is 14.7. The quantitative estimate of drug-likeness (QED) is 0.00874. The first-order valence-corrected chi connectivity index (χ1v) is 51.9. The molecule has 3 aromatic rings. The van der Waals surface area contributed by atoms with Crippen LogP contribution in [0.1, 0.15) is 173 Å². The number of likely N-dealkylation sites (tertiary alicyclic amines) is 1. The summed E-state index contributed by atoms with van der Waals surface area (Å²) in [6.45, 7) is 9.79. The molecule has 0 saturated carbocycles. The van der Waals surface area contributed by atoms with Gasteiger partial charge in [0.2, 0.25) is 53.2 Å². The Bertz CT molecular complexity index is 5550. The molecule has 1 fully saturated rings. The molecule has 32 N–H and O–H groups in total. The molecule has 52 heteroatoms. The first-order chi connectivity index (χ1) is 65.3. The van der Waals surface area contributed by atoms with Gasteiger partial charge in [-0.05, 0) is 218 Å². The zero-order valence-corrected chi connectivity index (χ0v) is 82.8. The third kappa shape index (κ3) is 38.1. The number of primary amides is 1. The van der Waals surface area contributed by atoms with Crippen molar-refractivity contribution in [2.75, 3.05) is 82.4 Å². The summed E-state index contributed by atoms with van der Waals surface area (Å²) in [5, 5.41) is 68.9. The minimum Gasteiger partial charge on any atom is -0.457 e. The normalized spacial score (nSPS) is 16.4. The SMILES string of the molecule is CN[C@H](CCCNC(=N)N)C(=O)N[C@H](CCCNC(=N)N)C(=O)N[C@H](CCCNC(=N)N)C(=O)N[C@H](CCCNC(=N)N)C(=O)N[C@H](CCCNC(=N)N)C(=O)N[C@H](CSC1CC(=O)N(CCNC(=O)CCCCCN2/C(=C/C=C3\CCCC(/C=C/C(=N\CCCCS(=O)(=O)O)C(C)(C)c4cc([SH](=O)=O)ccc4C)=C3Oc3ccc(S(=O)(=O)O)cc3)C(C)(C)c3cc(S(=O)(=O)O)ccc32)C1=O)C(N)=O. The van der Waals surface area contributed by atoms with Gasteiger partial charge in [0, 0.05) is 105 Å². The zero-order chi connectivity index (χ0) is 103. The van der Waals surface area contributed by atoms with Crippen LogP contribution in [0.4, 0.5) is 5.69 Å². The van der Waals surface area contributed by atoms with Crippen LogP contribution in [0.25, 0.3) is 0 Å². The largest absolute Gasteiger partial charge is 0.457 e. The van der Waals surface area contributed by atoms with Crippen LogP contribution in [-0.2, 0) is 95.0 Å². The Morgan fingerprint density at radius 2 is 1.06 bits per heavy atom. The summed E-state index contributed by atoms with van der Waals surface area (Å²) >= 11 is 0.832. The molecule has 6 rings (SSSR count). The number of hydrogen-bond acceptors (Lipinski definition) is 27. The van der Waals surface area contributed by atoms with E-state index in [1.165, 1.54) is 49.5 Å². The Morgan fingerprint density at radius 3 is 1.53 bits per heavy atom. The average Bonchev–Trinajstić information content (AvgIpc) is 1.58. The first kappa shape index (κ1) is 115. The molecule has 0 aromatic heterocycles. The van der Waals surface area contributed by atoms with Gasteiger partial charge in [0.1, 0.15) is 41.7 Å². The number of unbranched alkanes of at least 4 members (excludes halogenated alkanes) is 3. The summed E-state index contributed by atoms with van der Waals surface area (Å²) in [4.78, 5) is 133. The van der Waals surface area contributed by atoms with E-state index in [-0.39, 0.29) is 169 Å². The van der Waals surface area contributed by atoms with Crippen molar-refractivity contribution in [3.8, 4) is 5.75 Å². The zero-order valence-electron chi connectivity index (χ0n) is 78.6. The molecule has 7 atom stereocenters. The van der Waals surface area contributed by atoms with Crippen molar-refractivity contribution in [1.29, 1.82) is 27.0 Å². The van der Waals surface area contributed by atoms with E-state index in [0.717, 1.165) is 22.2 Å². The number of carbonyl (C=O) groups excluding carboxylic acids is 9. The van der Waals surface area contributed by atoms with E-state index in [9.17, 15) is 90.5 Å². The first-order valence-electron chi connectivity index (χ1n) is 45.2. The van der Waals surface area contributed by atoms with E-state index in [1.807, 2.05) is 51.7 Å². The van der Waals surface area contributed by atoms with Crippen LogP contribution < -0.4 is 108 Å². The average molecular weight is 2040 g/mol. The molecule has 0 radical (unpaired) electrons. The summed E-state index contributed by atoms with van der Waals surface area (Å²) in [6, 6.07) is 5.93. The molecule has 3 aromatic carbocycles. The fraction of sp³-hybridized carbons (Fsp3) is 0.529. The number of imide groups is 1. The van der Waals surface area contributed by atoms with Crippen molar-refractivity contribution in [2.24, 2.45) is 39.4 Å². The number of allylic oxidation sites excluding steroid dienone is 7. The molecule has 139 heavy (non-hydrogen) atoms. The highest BCUT2D eigenvalue weighted by atomic mass is 32.2. The van der Waals surface area contributed by atoms with E-state index < -0.39 is 175 Å². The number of nitrogens with two attached hydrogens (primary N) is 6. The predicted octanol–water partition coefficient (Wildman–Crippen LogP) is -0.122. The predicted molar refractivity (Wildman–Crippen MR) is 527 cm³/mol. The van der Waals surface area contributed by atoms with Gasteiger partial charge in [0.05, 0.1) is 31.7 Å². The van der Waals surface area contributed by atoms with Crippen molar-refractivity contribution in [1.82, 2.24) is 68.7 Å². The van der Waals surface area contributed by atoms with Gasteiger partial charge >= 0.3 is 0 Å². The minimum absolute atomic E-state index is 0.00252. The number of thioether (sulfide) groups is 1. The van der Waals surface area contributed by atoms with Crippen LogP contribution in [0, 0.1) is 34.0 Å². The van der Waals surface area contributed by atoms with Gasteiger partial charge in [-0.25, -0.2) is 8.42 Å². The second-order valence-corrected chi connectivity index (χ2v) is 41.1. The number of ether oxygens (including phenoxy) is 1. The Kier molecular flexibility index (Phi) is 45.5. The standard InChI is InChI=1S/C87H134N26O21S5/c1-52-26-31-56(136(123)124)48-59(52)86(2,3)69(100-38-9-11-47-137(125,126)127)36-27-53-18-12-19-54(73(53)134-55-29-32-57(33-30-55)138(128,129)130)28-37-70-87(4,5)60-49-58(139(131,132)133)34-35-67(60)112(70)45-10-7-8-25-71(114)101-44-46-113-72(115)50-68(80(113)122)135-51-66(74(88)116)111-79(121)65(24-17-43-106-85(97)98)110-78(120)64(23-16-42-105-84(95)96)109-77(119)63(22-15-41-104-83(93)94)108-76(118)62(21-14-40-103-82(91)92)107-75(117)61(99-6)20-13-39-102-81(89)90/h26-37,48-49,61-66,68,99,136H,7-25,38-47,50-51H2,1-6H3,(H2,88,116)(H,101,114)(H,107,117)(H,108,118)(H,109,119)(H,110,120)(H,111,121)(H4,89,90,102)(H4,91,92,103)(H4,93,94,104)(H4,95,96,105)(H4,97,98,106)(H,125,126,127)(H,128,129,130)(H,131,132,133)/b36-27+,54-28+,70-37+,100-69+/t61-,62-,63-,64-,65-,66-,68?/m1/s1. The summed E-state index contributed by atoms with van der Waals surface area (Å²) in [7, 11) is -15.0. The number of thiol groups is 1. The number of carbonyl (C=O) groups is 9. The van der Waals surface area contributed by atoms with Crippen LogP contribution in [0.5, 0.6) is 5.75 Å². The Labute approximate surface area is 815 Å². The van der Waals surface area contributed by atoms with Gasteiger partial charge in [-0.2, -0.15) is 25.3 Å². The van der Waals surface area contributed by atoms with Crippen LogP contribution in [0.15, 0.2) is 127 Å². The van der Waals surface area contributed by atoms with Gasteiger partial charge < -0.3 is 108 Å². The lowest BCUT2D eigenvalue weighted by Crippen LogP contribution is -2.59. The molecule has 0 spiro atoms. The van der Waals surface area contributed by atoms with Crippen LogP contribution in [0.2, 0.25) is 0 Å². The minimum atomic E-state index is -4.69. The molecule has 1 saturated heterocycles. The third-order valence-corrected chi connectivity index (χ3v) is 27.6. The highest BCUT2D eigenvalue weighted by molar-refractivity contribution is 8.00. The number of aryl methyl sites for hydroxylation is 1. The van der Waals surface area contributed by atoms with Gasteiger partial charge in [0.15, 0.2) is 40.5 Å². The number of amides is 9. The number of likely N-dealkylation sites (N-methyl/N-ethyl adjacent to an activating group) is 1. The van der Waals surface area contributed by atoms with E-state index in [0.29, 0.717) is 96.6 Å². The topological polar surface area (TPSA) is 799 Å².